The lowest BCUT2D eigenvalue weighted by Crippen LogP contribution is -2.10. The van der Waals surface area contributed by atoms with E-state index in [1.165, 1.54) is 12.1 Å². The van der Waals surface area contributed by atoms with Gasteiger partial charge in [-0.05, 0) is 24.3 Å². The van der Waals surface area contributed by atoms with Crippen molar-refractivity contribution in [1.82, 2.24) is 0 Å². The summed E-state index contributed by atoms with van der Waals surface area (Å²) in [5.41, 5.74) is 5.15. The number of rotatable bonds is 5. The third kappa shape index (κ3) is 4.13. The van der Waals surface area contributed by atoms with E-state index in [4.69, 9.17) is 10.5 Å². The van der Waals surface area contributed by atoms with Crippen LogP contribution in [0.15, 0.2) is 48.5 Å². The van der Waals surface area contributed by atoms with Crippen LogP contribution in [0, 0.1) is 0 Å². The number of nitrogens with one attached hydrogen (secondary N) is 1. The molecule has 3 nitrogen and oxygen atoms in total. The first-order valence-corrected chi connectivity index (χ1v) is 6.37. The summed E-state index contributed by atoms with van der Waals surface area (Å²) in [6, 6.07) is 12.0. The van der Waals surface area contributed by atoms with Crippen molar-refractivity contribution in [3.05, 3.63) is 54.1 Å². The summed E-state index contributed by atoms with van der Waals surface area (Å²) in [6.45, 7) is 0.719. The quantitative estimate of drug-likeness (QED) is 0.882. The van der Waals surface area contributed by atoms with Crippen LogP contribution < -0.4 is 15.8 Å². The molecule has 0 amide bonds. The van der Waals surface area contributed by atoms with Crippen molar-refractivity contribution < 1.29 is 17.9 Å². The molecule has 2 aromatic carbocycles. The van der Waals surface area contributed by atoms with Crippen LogP contribution in [0.1, 0.15) is 5.56 Å². The predicted octanol–water partition coefficient (Wildman–Crippen LogP) is 3.79. The number of alkyl halides is 3. The standard InChI is InChI=1S/C15H15F3N2O/c16-15(17,18)13-6-1-2-7-14(13)20-11-4-3-5-12(10-11)21-9-8-19/h1-7,10,20H,8-9,19H2. The van der Waals surface area contributed by atoms with Crippen molar-refractivity contribution >= 4 is 11.4 Å². The lowest BCUT2D eigenvalue weighted by molar-refractivity contribution is -0.136. The second kappa shape index (κ2) is 6.49. The summed E-state index contributed by atoms with van der Waals surface area (Å²) in [5.74, 6) is 0.551. The molecular weight excluding hydrogens is 281 g/mol. The molecule has 0 unspecified atom stereocenters. The highest BCUT2D eigenvalue weighted by atomic mass is 19.4. The van der Waals surface area contributed by atoms with E-state index in [1.807, 2.05) is 0 Å². The van der Waals surface area contributed by atoms with Crippen LogP contribution in [-0.4, -0.2) is 13.2 Å². The first kappa shape index (κ1) is 15.2. The van der Waals surface area contributed by atoms with Gasteiger partial charge in [-0.15, -0.1) is 0 Å². The second-order valence-electron chi connectivity index (χ2n) is 4.33. The Morgan fingerprint density at radius 2 is 1.81 bits per heavy atom. The SMILES string of the molecule is NCCOc1cccc(Nc2ccccc2C(F)(F)F)c1. The van der Waals surface area contributed by atoms with Crippen LogP contribution in [0.4, 0.5) is 24.5 Å². The Labute approximate surface area is 120 Å². The van der Waals surface area contributed by atoms with E-state index in [2.05, 4.69) is 5.32 Å². The monoisotopic (exact) mass is 296 g/mol. The molecule has 0 saturated heterocycles. The number of para-hydroxylation sites is 1. The zero-order chi connectivity index (χ0) is 15.3. The van der Waals surface area contributed by atoms with E-state index >= 15 is 0 Å². The highest BCUT2D eigenvalue weighted by Gasteiger charge is 2.33. The molecule has 0 atom stereocenters. The maximum Gasteiger partial charge on any atom is 0.418 e. The Morgan fingerprint density at radius 3 is 2.52 bits per heavy atom. The minimum atomic E-state index is -4.41. The lowest BCUT2D eigenvalue weighted by Gasteiger charge is -2.15. The molecule has 0 aliphatic carbocycles. The van der Waals surface area contributed by atoms with E-state index in [0.717, 1.165) is 6.07 Å². The third-order valence-electron chi connectivity index (χ3n) is 2.73. The van der Waals surface area contributed by atoms with Crippen LogP contribution in [0.25, 0.3) is 0 Å². The maximum atomic E-state index is 12.9. The summed E-state index contributed by atoms with van der Waals surface area (Å²) in [6.07, 6.45) is -4.41. The Bertz CT molecular complexity index is 599. The molecule has 0 heterocycles. The van der Waals surface area contributed by atoms with Gasteiger partial charge in [-0.2, -0.15) is 13.2 Å². The molecule has 0 fully saturated rings. The zero-order valence-electron chi connectivity index (χ0n) is 11.2. The highest BCUT2D eigenvalue weighted by Crippen LogP contribution is 2.36. The first-order valence-electron chi connectivity index (χ1n) is 6.37. The van der Waals surface area contributed by atoms with E-state index in [9.17, 15) is 13.2 Å². The van der Waals surface area contributed by atoms with Gasteiger partial charge in [-0.1, -0.05) is 18.2 Å². The zero-order valence-corrected chi connectivity index (χ0v) is 11.2. The minimum Gasteiger partial charge on any atom is -0.492 e. The van der Waals surface area contributed by atoms with Gasteiger partial charge in [-0.3, -0.25) is 0 Å². The number of anilines is 2. The van der Waals surface area contributed by atoms with Crippen LogP contribution >= 0.6 is 0 Å². The van der Waals surface area contributed by atoms with Crippen LogP contribution in [0.3, 0.4) is 0 Å². The molecule has 0 aromatic heterocycles. The average molecular weight is 296 g/mol. The lowest BCUT2D eigenvalue weighted by atomic mass is 10.1. The normalized spacial score (nSPS) is 11.2. The summed E-state index contributed by atoms with van der Waals surface area (Å²) in [4.78, 5) is 0. The van der Waals surface area contributed by atoms with Gasteiger partial charge in [0.05, 0.1) is 11.3 Å². The molecule has 112 valence electrons. The van der Waals surface area contributed by atoms with E-state index < -0.39 is 11.7 Å². The fraction of sp³-hybridized carbons (Fsp3) is 0.200. The van der Waals surface area contributed by atoms with Gasteiger partial charge < -0.3 is 15.8 Å². The number of nitrogens with two attached hydrogens (primary N) is 1. The summed E-state index contributed by atoms with van der Waals surface area (Å²) >= 11 is 0. The molecule has 2 aromatic rings. The Kier molecular flexibility index (Phi) is 4.70. The van der Waals surface area contributed by atoms with Crippen molar-refractivity contribution in [1.29, 1.82) is 0 Å². The molecule has 3 N–H and O–H groups in total. The largest absolute Gasteiger partial charge is 0.492 e. The molecule has 0 saturated carbocycles. The first-order chi connectivity index (χ1) is 10.0. The number of hydrogen-bond acceptors (Lipinski definition) is 3. The Hall–Kier alpha value is -2.21. The van der Waals surface area contributed by atoms with Crippen molar-refractivity contribution in [2.24, 2.45) is 5.73 Å². The predicted molar refractivity (Wildman–Crippen MR) is 75.7 cm³/mol. The van der Waals surface area contributed by atoms with Gasteiger partial charge in [0.2, 0.25) is 0 Å². The summed E-state index contributed by atoms with van der Waals surface area (Å²) in [7, 11) is 0. The topological polar surface area (TPSA) is 47.3 Å². The maximum absolute atomic E-state index is 12.9. The number of halogens is 3. The van der Waals surface area contributed by atoms with Crippen molar-refractivity contribution in [2.75, 3.05) is 18.5 Å². The molecule has 21 heavy (non-hydrogen) atoms. The molecule has 0 radical (unpaired) electrons. The molecule has 0 aliphatic rings. The molecule has 0 bridgehead atoms. The van der Waals surface area contributed by atoms with Crippen molar-refractivity contribution in [3.8, 4) is 5.75 Å². The van der Waals surface area contributed by atoms with Crippen molar-refractivity contribution in [2.45, 2.75) is 6.18 Å². The average Bonchev–Trinajstić information content (AvgIpc) is 2.45. The van der Waals surface area contributed by atoms with Crippen LogP contribution in [0.5, 0.6) is 5.75 Å². The highest BCUT2D eigenvalue weighted by molar-refractivity contribution is 5.65. The minimum absolute atomic E-state index is 0.000903. The summed E-state index contributed by atoms with van der Waals surface area (Å²) in [5, 5.41) is 2.76. The number of ether oxygens (including phenoxy) is 1. The summed E-state index contributed by atoms with van der Waals surface area (Å²) < 4.78 is 44.1. The Morgan fingerprint density at radius 1 is 1.05 bits per heavy atom. The van der Waals surface area contributed by atoms with Gasteiger partial charge in [0, 0.05) is 18.3 Å². The molecule has 2 rings (SSSR count). The van der Waals surface area contributed by atoms with E-state index in [0.29, 0.717) is 24.6 Å². The van der Waals surface area contributed by atoms with Crippen LogP contribution in [-0.2, 0) is 6.18 Å². The van der Waals surface area contributed by atoms with Gasteiger partial charge in [0.15, 0.2) is 0 Å². The van der Waals surface area contributed by atoms with E-state index in [-0.39, 0.29) is 5.69 Å². The van der Waals surface area contributed by atoms with Gasteiger partial charge in [0.1, 0.15) is 12.4 Å². The van der Waals surface area contributed by atoms with Crippen molar-refractivity contribution in [3.63, 3.8) is 0 Å². The fourth-order valence-corrected chi connectivity index (χ4v) is 1.84. The Balaban J connectivity index is 2.23. The van der Waals surface area contributed by atoms with Gasteiger partial charge in [-0.25, -0.2) is 0 Å². The number of hydrogen-bond donors (Lipinski definition) is 2. The van der Waals surface area contributed by atoms with Crippen LogP contribution in [0.2, 0.25) is 0 Å². The number of benzene rings is 2. The smallest absolute Gasteiger partial charge is 0.418 e. The molecule has 6 heteroatoms. The molecule has 0 aliphatic heterocycles. The molecular formula is C15H15F3N2O. The fourth-order valence-electron chi connectivity index (χ4n) is 1.84. The third-order valence-corrected chi connectivity index (χ3v) is 2.73. The van der Waals surface area contributed by atoms with E-state index in [1.54, 1.807) is 30.3 Å². The van der Waals surface area contributed by atoms with Gasteiger partial charge in [0.25, 0.3) is 0 Å². The second-order valence-corrected chi connectivity index (χ2v) is 4.33. The molecule has 0 spiro atoms. The van der Waals surface area contributed by atoms with Gasteiger partial charge >= 0.3 is 6.18 Å².